The number of nitrogens with one attached hydrogen (secondary N) is 3. The summed E-state index contributed by atoms with van der Waals surface area (Å²) >= 11 is 1.79. The van der Waals surface area contributed by atoms with Crippen molar-refractivity contribution in [2.75, 3.05) is 49.8 Å². The standard InChI is InChI=1S/C23H42N6O3S2.2ClH/c1-16(2)15-29(18-11-17(12-24-13-18)28-34(7,31)32)21(30)19-14-26-22(23(3,4)5)27-20(19)25-9-8-10-33-6;;/h14,16-18,24,28H,8-13,15H2,1-7H3,(H,25,26,27);2*1H/t17-,18+;;/m1../s1. The number of carbonyl (C=O) groups excluding carboxylic acids is 1. The molecule has 9 nitrogen and oxygen atoms in total. The van der Waals surface area contributed by atoms with E-state index in [1.807, 2.05) is 4.90 Å². The molecule has 1 fully saturated rings. The molecule has 0 unspecified atom stereocenters. The summed E-state index contributed by atoms with van der Waals surface area (Å²) in [5.74, 6) is 2.39. The van der Waals surface area contributed by atoms with Gasteiger partial charge in [-0.3, -0.25) is 4.79 Å². The van der Waals surface area contributed by atoms with Gasteiger partial charge in [0.2, 0.25) is 10.0 Å². The van der Waals surface area contributed by atoms with Crippen LogP contribution in [0.4, 0.5) is 5.82 Å². The minimum Gasteiger partial charge on any atom is -0.369 e. The Morgan fingerprint density at radius 1 is 1.28 bits per heavy atom. The quantitative estimate of drug-likeness (QED) is 0.338. The van der Waals surface area contributed by atoms with E-state index in [1.165, 1.54) is 0 Å². The topological polar surface area (TPSA) is 116 Å². The predicted molar refractivity (Wildman–Crippen MR) is 156 cm³/mol. The number of anilines is 1. The fraction of sp³-hybridized carbons (Fsp3) is 0.783. The van der Waals surface area contributed by atoms with Gasteiger partial charge in [-0.05, 0) is 30.8 Å². The first-order valence-electron chi connectivity index (χ1n) is 11.9. The van der Waals surface area contributed by atoms with Crippen molar-refractivity contribution in [2.45, 2.75) is 65.0 Å². The van der Waals surface area contributed by atoms with Gasteiger partial charge in [-0.2, -0.15) is 11.8 Å². The molecule has 1 saturated heterocycles. The predicted octanol–water partition coefficient (Wildman–Crippen LogP) is 3.16. The zero-order chi connectivity index (χ0) is 25.5. The van der Waals surface area contributed by atoms with Gasteiger partial charge in [-0.1, -0.05) is 34.6 Å². The molecule has 1 aliphatic rings. The maximum atomic E-state index is 13.9. The number of rotatable bonds is 11. The van der Waals surface area contributed by atoms with Crippen LogP contribution in [0.25, 0.3) is 0 Å². The third-order valence-electron chi connectivity index (χ3n) is 5.48. The molecule has 36 heavy (non-hydrogen) atoms. The first kappa shape index (κ1) is 35.2. The lowest BCUT2D eigenvalue weighted by atomic mass is 9.95. The van der Waals surface area contributed by atoms with Crippen LogP contribution in [-0.2, 0) is 15.4 Å². The summed E-state index contributed by atoms with van der Waals surface area (Å²) in [7, 11) is -3.33. The Morgan fingerprint density at radius 2 is 1.94 bits per heavy atom. The summed E-state index contributed by atoms with van der Waals surface area (Å²) in [4.78, 5) is 25.0. The summed E-state index contributed by atoms with van der Waals surface area (Å²) in [6.07, 6.45) is 6.39. The molecule has 1 aromatic rings. The van der Waals surface area contributed by atoms with E-state index in [2.05, 4.69) is 61.2 Å². The lowest BCUT2D eigenvalue weighted by molar-refractivity contribution is 0.0608. The summed E-state index contributed by atoms with van der Waals surface area (Å²) in [6, 6.07) is -0.408. The van der Waals surface area contributed by atoms with Crippen LogP contribution in [0.15, 0.2) is 6.20 Å². The van der Waals surface area contributed by atoms with Gasteiger partial charge in [-0.25, -0.2) is 23.1 Å². The van der Waals surface area contributed by atoms with E-state index in [0.29, 0.717) is 43.3 Å². The smallest absolute Gasteiger partial charge is 0.259 e. The number of piperidine rings is 1. The highest BCUT2D eigenvalue weighted by atomic mass is 35.5. The summed E-state index contributed by atoms with van der Waals surface area (Å²) in [5, 5.41) is 6.66. The third kappa shape index (κ3) is 11.3. The number of hydrogen-bond donors (Lipinski definition) is 3. The van der Waals surface area contributed by atoms with Crippen LogP contribution >= 0.6 is 36.6 Å². The van der Waals surface area contributed by atoms with Crippen molar-refractivity contribution in [3.8, 4) is 0 Å². The van der Waals surface area contributed by atoms with Gasteiger partial charge in [-0.15, -0.1) is 24.8 Å². The van der Waals surface area contributed by atoms with Crippen molar-refractivity contribution in [3.05, 3.63) is 17.6 Å². The largest absolute Gasteiger partial charge is 0.369 e. The van der Waals surface area contributed by atoms with Gasteiger partial charge in [0, 0.05) is 49.9 Å². The third-order valence-corrected chi connectivity index (χ3v) is 6.94. The SMILES string of the molecule is CSCCCNc1nc(C(C)(C)C)ncc1C(=O)N(CC(C)C)[C@@H]1CNC[C@H](NS(C)(=O)=O)C1.Cl.Cl. The molecule has 0 radical (unpaired) electrons. The maximum absolute atomic E-state index is 13.9. The minimum atomic E-state index is -3.33. The van der Waals surface area contributed by atoms with Crippen LogP contribution in [0.2, 0.25) is 0 Å². The van der Waals surface area contributed by atoms with Crippen molar-refractivity contribution in [1.29, 1.82) is 0 Å². The Labute approximate surface area is 234 Å². The number of carbonyl (C=O) groups is 1. The minimum absolute atomic E-state index is 0. The zero-order valence-corrected chi connectivity index (χ0v) is 25.7. The Kier molecular flexibility index (Phi) is 15.2. The van der Waals surface area contributed by atoms with Crippen LogP contribution in [0.3, 0.4) is 0 Å². The molecule has 1 aliphatic heterocycles. The molecule has 2 heterocycles. The number of amides is 1. The average molecular weight is 588 g/mol. The first-order valence-corrected chi connectivity index (χ1v) is 15.2. The molecule has 0 aromatic carbocycles. The summed E-state index contributed by atoms with van der Waals surface area (Å²) in [6.45, 7) is 12.7. The van der Waals surface area contributed by atoms with Crippen LogP contribution in [0.5, 0.6) is 0 Å². The number of thioether (sulfide) groups is 1. The van der Waals surface area contributed by atoms with Crippen LogP contribution in [-0.4, -0.2) is 85.7 Å². The van der Waals surface area contributed by atoms with Crippen molar-refractivity contribution >= 4 is 58.3 Å². The molecule has 1 aromatic heterocycles. The molecule has 1 amide bonds. The summed E-state index contributed by atoms with van der Waals surface area (Å²) < 4.78 is 26.2. The van der Waals surface area contributed by atoms with Crippen molar-refractivity contribution in [1.82, 2.24) is 24.9 Å². The van der Waals surface area contributed by atoms with Gasteiger partial charge in [0.25, 0.3) is 5.91 Å². The normalized spacial score (nSPS) is 18.2. The maximum Gasteiger partial charge on any atom is 0.259 e. The lowest BCUT2D eigenvalue weighted by Crippen LogP contribution is -2.57. The van der Waals surface area contributed by atoms with E-state index >= 15 is 0 Å². The van der Waals surface area contributed by atoms with E-state index in [4.69, 9.17) is 4.98 Å². The molecule has 0 aliphatic carbocycles. The molecule has 0 saturated carbocycles. The Balaban J connectivity index is 0.00000612. The van der Waals surface area contributed by atoms with E-state index in [-0.39, 0.29) is 54.1 Å². The highest BCUT2D eigenvalue weighted by Gasteiger charge is 2.33. The van der Waals surface area contributed by atoms with Gasteiger partial charge in [0.05, 0.1) is 6.26 Å². The lowest BCUT2D eigenvalue weighted by Gasteiger charge is -2.39. The van der Waals surface area contributed by atoms with Crippen LogP contribution in [0, 0.1) is 5.92 Å². The fourth-order valence-electron chi connectivity index (χ4n) is 3.95. The van der Waals surface area contributed by atoms with Crippen LogP contribution < -0.4 is 15.4 Å². The number of hydrogen-bond acceptors (Lipinski definition) is 8. The second-order valence-corrected chi connectivity index (χ2v) is 13.2. The molecule has 0 spiro atoms. The Morgan fingerprint density at radius 3 is 2.50 bits per heavy atom. The van der Waals surface area contributed by atoms with Crippen molar-refractivity contribution < 1.29 is 13.2 Å². The molecule has 13 heteroatoms. The number of sulfonamides is 1. The van der Waals surface area contributed by atoms with E-state index in [9.17, 15) is 13.2 Å². The number of halogens is 2. The monoisotopic (exact) mass is 586 g/mol. The Bertz CT molecular complexity index is 929. The van der Waals surface area contributed by atoms with Gasteiger partial charge >= 0.3 is 0 Å². The van der Waals surface area contributed by atoms with Gasteiger partial charge in [0.15, 0.2) is 0 Å². The van der Waals surface area contributed by atoms with E-state index < -0.39 is 10.0 Å². The molecule has 210 valence electrons. The molecule has 2 atom stereocenters. The van der Waals surface area contributed by atoms with E-state index in [0.717, 1.165) is 25.0 Å². The van der Waals surface area contributed by atoms with Crippen molar-refractivity contribution in [2.24, 2.45) is 5.92 Å². The Hall–Kier alpha value is -0.850. The van der Waals surface area contributed by atoms with Crippen molar-refractivity contribution in [3.63, 3.8) is 0 Å². The molecule has 2 rings (SSSR count). The zero-order valence-electron chi connectivity index (χ0n) is 22.5. The first-order chi connectivity index (χ1) is 15.8. The average Bonchev–Trinajstić information content (AvgIpc) is 2.72. The molecule has 0 bridgehead atoms. The van der Waals surface area contributed by atoms with Crippen LogP contribution in [0.1, 0.15) is 63.6 Å². The second kappa shape index (κ2) is 15.5. The number of nitrogens with zero attached hydrogens (tertiary/aromatic N) is 3. The van der Waals surface area contributed by atoms with Gasteiger partial charge < -0.3 is 15.5 Å². The highest BCUT2D eigenvalue weighted by molar-refractivity contribution is 7.98. The number of aromatic nitrogens is 2. The fourth-order valence-corrected chi connectivity index (χ4v) is 5.17. The highest BCUT2D eigenvalue weighted by Crippen LogP contribution is 2.24. The molecule has 3 N–H and O–H groups in total. The van der Waals surface area contributed by atoms with E-state index in [1.54, 1.807) is 18.0 Å². The van der Waals surface area contributed by atoms with Gasteiger partial charge in [0.1, 0.15) is 17.2 Å². The second-order valence-electron chi connectivity index (χ2n) is 10.5. The molecular formula is C23H44Cl2N6O3S2. The summed E-state index contributed by atoms with van der Waals surface area (Å²) in [5.41, 5.74) is 0.211. The molecular weight excluding hydrogens is 543 g/mol.